The van der Waals surface area contributed by atoms with E-state index in [0.717, 1.165) is 31.6 Å². The number of aromatic nitrogens is 1. The molecule has 1 aromatic heterocycles. The van der Waals surface area contributed by atoms with Crippen molar-refractivity contribution in [2.45, 2.75) is 32.2 Å². The summed E-state index contributed by atoms with van der Waals surface area (Å²) in [6, 6.07) is 10.8. The van der Waals surface area contributed by atoms with Crippen molar-refractivity contribution in [2.24, 2.45) is 0 Å². The number of rotatable bonds is 10. The van der Waals surface area contributed by atoms with E-state index in [0.29, 0.717) is 6.61 Å². The van der Waals surface area contributed by atoms with E-state index in [1.165, 1.54) is 12.1 Å². The summed E-state index contributed by atoms with van der Waals surface area (Å²) in [7, 11) is 4.09. The minimum Gasteiger partial charge on any atom is -1.00 e. The first-order valence-electron chi connectivity index (χ1n) is 8.69. The van der Waals surface area contributed by atoms with Crippen LogP contribution in [0.5, 0.6) is 5.75 Å². The number of anilines is 1. The number of carboxylic acids is 1. The molecule has 0 amide bonds. The zero-order chi connectivity index (χ0) is 18.1. The van der Waals surface area contributed by atoms with Gasteiger partial charge in [0, 0.05) is 38.3 Å². The number of aryl methyl sites for hydroxylation is 1. The Morgan fingerprint density at radius 3 is 2.19 bits per heavy atom. The van der Waals surface area contributed by atoms with Crippen LogP contribution in [0.3, 0.4) is 0 Å². The van der Waals surface area contributed by atoms with Gasteiger partial charge in [-0.1, -0.05) is 0 Å². The third-order valence-electron chi connectivity index (χ3n) is 4.07. The lowest BCUT2D eigenvalue weighted by atomic mass is 10.2. The minimum atomic E-state index is -0.916. The Balaban J connectivity index is 0.00000338. The molecule has 2 rings (SSSR count). The Morgan fingerprint density at radius 1 is 1.00 bits per heavy atom. The standard InChI is InChI=1S/C20H26N2O3.BrH/c1-21(2)18-11-14-22(15-12-18)13-5-3-4-6-16-25-19-9-7-17(8-10-19)20(23)24;/h7-12,14-15H,3-6,13,16H2,1-2H3;1H. The molecule has 0 bridgehead atoms. The van der Waals surface area contributed by atoms with Gasteiger partial charge in [-0.05, 0) is 43.5 Å². The van der Waals surface area contributed by atoms with Gasteiger partial charge in [0.15, 0.2) is 12.4 Å². The number of pyridine rings is 1. The van der Waals surface area contributed by atoms with Crippen LogP contribution < -0.4 is 31.2 Å². The van der Waals surface area contributed by atoms with Gasteiger partial charge in [0.2, 0.25) is 0 Å². The second-order valence-corrected chi connectivity index (χ2v) is 6.28. The molecule has 26 heavy (non-hydrogen) atoms. The molecule has 2 aromatic rings. The number of nitrogens with zero attached hydrogens (tertiary/aromatic N) is 2. The summed E-state index contributed by atoms with van der Waals surface area (Å²) in [5, 5.41) is 8.85. The monoisotopic (exact) mass is 422 g/mol. The maximum absolute atomic E-state index is 10.8. The van der Waals surface area contributed by atoms with Gasteiger partial charge in [-0.2, -0.15) is 0 Å². The minimum absolute atomic E-state index is 0. The number of hydrogen-bond acceptors (Lipinski definition) is 3. The largest absolute Gasteiger partial charge is 1.00 e. The molecule has 5 nitrogen and oxygen atoms in total. The van der Waals surface area contributed by atoms with Crippen LogP contribution in [0.2, 0.25) is 0 Å². The van der Waals surface area contributed by atoms with E-state index in [-0.39, 0.29) is 22.5 Å². The predicted molar refractivity (Wildman–Crippen MR) is 98.3 cm³/mol. The van der Waals surface area contributed by atoms with Crippen LogP contribution in [0.25, 0.3) is 0 Å². The van der Waals surface area contributed by atoms with E-state index in [9.17, 15) is 4.79 Å². The highest BCUT2D eigenvalue weighted by atomic mass is 79.9. The first-order valence-corrected chi connectivity index (χ1v) is 8.69. The topological polar surface area (TPSA) is 53.7 Å². The Bertz CT molecular complexity index is 658. The summed E-state index contributed by atoms with van der Waals surface area (Å²) in [4.78, 5) is 12.9. The third-order valence-corrected chi connectivity index (χ3v) is 4.07. The third kappa shape index (κ3) is 7.44. The van der Waals surface area contributed by atoms with E-state index in [2.05, 4.69) is 34.0 Å². The smallest absolute Gasteiger partial charge is 0.335 e. The number of benzene rings is 1. The van der Waals surface area contributed by atoms with Crippen molar-refractivity contribution in [1.29, 1.82) is 0 Å². The molecule has 0 saturated carbocycles. The second-order valence-electron chi connectivity index (χ2n) is 6.28. The molecule has 0 radical (unpaired) electrons. The molecule has 0 fully saturated rings. The van der Waals surface area contributed by atoms with Crippen LogP contribution >= 0.6 is 0 Å². The van der Waals surface area contributed by atoms with Crippen molar-refractivity contribution in [1.82, 2.24) is 0 Å². The van der Waals surface area contributed by atoms with Gasteiger partial charge in [-0.15, -0.1) is 0 Å². The zero-order valence-electron chi connectivity index (χ0n) is 15.4. The van der Waals surface area contributed by atoms with Crippen LogP contribution in [0.1, 0.15) is 36.0 Å². The molecular weight excluding hydrogens is 396 g/mol. The molecule has 0 unspecified atom stereocenters. The van der Waals surface area contributed by atoms with Gasteiger partial charge in [-0.3, -0.25) is 0 Å². The van der Waals surface area contributed by atoms with E-state index in [1.54, 1.807) is 24.3 Å². The first-order chi connectivity index (χ1) is 12.1. The van der Waals surface area contributed by atoms with Crippen LogP contribution in [0, 0.1) is 0 Å². The van der Waals surface area contributed by atoms with Gasteiger partial charge in [-0.25, -0.2) is 9.36 Å². The molecule has 142 valence electrons. The van der Waals surface area contributed by atoms with Crippen molar-refractivity contribution in [2.75, 3.05) is 25.6 Å². The number of halogens is 1. The van der Waals surface area contributed by atoms with E-state index >= 15 is 0 Å². The Morgan fingerprint density at radius 2 is 1.62 bits per heavy atom. The molecule has 1 aromatic carbocycles. The fourth-order valence-electron chi connectivity index (χ4n) is 2.53. The van der Waals surface area contributed by atoms with Gasteiger partial charge < -0.3 is 31.7 Å². The van der Waals surface area contributed by atoms with Crippen molar-refractivity contribution in [3.05, 3.63) is 54.4 Å². The summed E-state index contributed by atoms with van der Waals surface area (Å²) < 4.78 is 7.85. The average molecular weight is 423 g/mol. The number of carboxylic acid groups (broad SMARTS) is 1. The van der Waals surface area contributed by atoms with Gasteiger partial charge in [0.05, 0.1) is 12.2 Å². The molecule has 1 heterocycles. The summed E-state index contributed by atoms with van der Waals surface area (Å²) in [5.41, 5.74) is 1.49. The summed E-state index contributed by atoms with van der Waals surface area (Å²) in [6.45, 7) is 1.70. The van der Waals surface area contributed by atoms with Crippen LogP contribution in [0.15, 0.2) is 48.8 Å². The van der Waals surface area contributed by atoms with Gasteiger partial charge in [0.25, 0.3) is 0 Å². The fraction of sp³-hybridized carbons (Fsp3) is 0.400. The number of unbranched alkanes of at least 4 members (excludes halogenated alkanes) is 3. The Kier molecular flexibility index (Phi) is 9.73. The molecule has 1 N–H and O–H groups in total. The van der Waals surface area contributed by atoms with E-state index in [1.807, 2.05) is 14.1 Å². The highest BCUT2D eigenvalue weighted by Crippen LogP contribution is 2.13. The quantitative estimate of drug-likeness (QED) is 0.444. The summed E-state index contributed by atoms with van der Waals surface area (Å²) in [5.74, 6) is -0.192. The second kappa shape index (κ2) is 11.5. The Hall–Kier alpha value is -2.08. The molecule has 6 heteroatoms. The number of aromatic carboxylic acids is 1. The molecule has 0 spiro atoms. The maximum atomic E-state index is 10.8. The highest BCUT2D eigenvalue weighted by Gasteiger charge is 2.03. The fourth-order valence-corrected chi connectivity index (χ4v) is 2.53. The summed E-state index contributed by atoms with van der Waals surface area (Å²) >= 11 is 0. The molecule has 0 atom stereocenters. The molecule has 0 aliphatic heterocycles. The van der Waals surface area contributed by atoms with E-state index in [4.69, 9.17) is 9.84 Å². The van der Waals surface area contributed by atoms with E-state index < -0.39 is 5.97 Å². The summed E-state index contributed by atoms with van der Waals surface area (Å²) in [6.07, 6.45) is 8.70. The van der Waals surface area contributed by atoms with Crippen molar-refractivity contribution >= 4 is 11.7 Å². The SMILES string of the molecule is CN(C)c1cc[n+](CCCCCCOc2ccc(C(=O)O)cc2)cc1.[Br-]. The van der Waals surface area contributed by atoms with Crippen LogP contribution in [0.4, 0.5) is 5.69 Å². The highest BCUT2D eigenvalue weighted by molar-refractivity contribution is 5.87. The van der Waals surface area contributed by atoms with Crippen molar-refractivity contribution < 1.29 is 36.2 Å². The van der Waals surface area contributed by atoms with Crippen molar-refractivity contribution in [3.8, 4) is 5.75 Å². The Labute approximate surface area is 166 Å². The maximum Gasteiger partial charge on any atom is 0.335 e. The van der Waals surface area contributed by atoms with Crippen molar-refractivity contribution in [3.63, 3.8) is 0 Å². The zero-order valence-corrected chi connectivity index (χ0v) is 17.0. The normalized spacial score (nSPS) is 10.1. The number of ether oxygens (including phenoxy) is 1. The average Bonchev–Trinajstić information content (AvgIpc) is 2.61. The van der Waals surface area contributed by atoms with Crippen LogP contribution in [-0.4, -0.2) is 31.8 Å². The molecule has 0 aliphatic carbocycles. The number of hydrogen-bond donors (Lipinski definition) is 1. The van der Waals surface area contributed by atoms with Gasteiger partial charge >= 0.3 is 5.97 Å². The van der Waals surface area contributed by atoms with Crippen LogP contribution in [-0.2, 0) is 6.54 Å². The number of carbonyl (C=O) groups is 1. The lowest BCUT2D eigenvalue weighted by Gasteiger charge is -2.10. The van der Waals surface area contributed by atoms with Gasteiger partial charge in [0.1, 0.15) is 12.3 Å². The molecular formula is C20H27BrN2O3. The first kappa shape index (κ1) is 22.0. The molecule has 0 aliphatic rings. The predicted octanol–water partition coefficient (Wildman–Crippen LogP) is 0.382. The molecule has 0 saturated heterocycles. The lowest BCUT2D eigenvalue weighted by Crippen LogP contribution is -3.00. The lowest BCUT2D eigenvalue weighted by molar-refractivity contribution is -0.697.